The maximum absolute atomic E-state index is 9.27. The first kappa shape index (κ1) is 27.3. The zero-order valence-corrected chi connectivity index (χ0v) is 25.6. The van der Waals surface area contributed by atoms with Crippen molar-refractivity contribution in [1.29, 1.82) is 5.26 Å². The molecule has 1 fully saturated rings. The van der Waals surface area contributed by atoms with E-state index in [1.165, 1.54) is 27.7 Å². The number of fused-ring (bicyclic) bond motifs is 2. The molecule has 1 saturated heterocycles. The quantitative estimate of drug-likeness (QED) is 0.291. The van der Waals surface area contributed by atoms with E-state index in [-0.39, 0.29) is 12.1 Å². The van der Waals surface area contributed by atoms with Gasteiger partial charge in [-0.15, -0.1) is 0 Å². The minimum atomic E-state index is -0.0408. The van der Waals surface area contributed by atoms with Crippen LogP contribution in [0.1, 0.15) is 30.2 Å². The van der Waals surface area contributed by atoms with Gasteiger partial charge in [0.25, 0.3) is 0 Å². The number of aryl methyl sites for hydroxylation is 1. The van der Waals surface area contributed by atoms with E-state index in [0.717, 1.165) is 50.7 Å². The molecule has 3 atom stereocenters. The third kappa shape index (κ3) is 5.69. The van der Waals surface area contributed by atoms with Gasteiger partial charge in [-0.2, -0.15) is 20.3 Å². The summed E-state index contributed by atoms with van der Waals surface area (Å²) in [6.45, 7) is 9.00. The third-order valence-electron chi connectivity index (χ3n) is 7.17. The first-order valence-corrected chi connectivity index (χ1v) is 17.1. The number of piperazine rings is 1. The van der Waals surface area contributed by atoms with E-state index in [9.17, 15) is 5.26 Å². The first-order valence-electron chi connectivity index (χ1n) is 13.0. The highest BCUT2D eigenvalue weighted by molar-refractivity contribution is 14.2. The Kier molecular flexibility index (Phi) is 8.53. The summed E-state index contributed by atoms with van der Waals surface area (Å²) < 4.78 is 8.33. The Morgan fingerprint density at radius 1 is 1.29 bits per heavy atom. The van der Waals surface area contributed by atoms with Gasteiger partial charge in [-0.05, 0) is 68.0 Å². The van der Waals surface area contributed by atoms with Crippen molar-refractivity contribution >= 4 is 50.8 Å². The molecule has 5 rings (SSSR count). The van der Waals surface area contributed by atoms with Crippen LogP contribution in [0.2, 0.25) is 0 Å². The molecule has 202 valence electrons. The molecule has 38 heavy (non-hydrogen) atoms. The minimum Gasteiger partial charge on any atom is -0.459 e. The number of anilines is 2. The maximum Gasteiger partial charge on any atom is 0.318 e. The molecular weight excluding hydrogens is 612 g/mol. The van der Waals surface area contributed by atoms with Crippen LogP contribution in [0.3, 0.4) is 0 Å². The van der Waals surface area contributed by atoms with Gasteiger partial charge in [-0.1, -0.05) is 6.07 Å². The van der Waals surface area contributed by atoms with Crippen molar-refractivity contribution in [1.82, 2.24) is 29.7 Å². The molecule has 12 heteroatoms. The topological polar surface area (TPSA) is 98.4 Å². The van der Waals surface area contributed by atoms with Crippen LogP contribution in [-0.4, -0.2) is 83.4 Å². The molecule has 2 aliphatic rings. The summed E-state index contributed by atoms with van der Waals surface area (Å²) >= 11 is 2.38. The Morgan fingerprint density at radius 3 is 2.89 bits per heavy atom. The van der Waals surface area contributed by atoms with E-state index in [1.807, 2.05) is 20.3 Å². The first-order chi connectivity index (χ1) is 18.4. The predicted octanol–water partition coefficient (Wildman–Crippen LogP) is 3.51. The van der Waals surface area contributed by atoms with Gasteiger partial charge in [-0.25, -0.2) is 4.45 Å². The summed E-state index contributed by atoms with van der Waals surface area (Å²) in [5.41, 5.74) is 5.85. The molecule has 3 aromatic rings. The van der Waals surface area contributed by atoms with Crippen LogP contribution in [0.15, 0.2) is 18.3 Å². The molecule has 0 bridgehead atoms. The Morgan fingerprint density at radius 2 is 2.13 bits per heavy atom. The number of nitrogens with zero attached hydrogens (tertiary/aromatic N) is 8. The highest BCUT2D eigenvalue weighted by Gasteiger charge is 2.30. The van der Waals surface area contributed by atoms with E-state index in [0.29, 0.717) is 25.3 Å². The molecule has 0 spiro atoms. The Balaban J connectivity index is 1.51. The van der Waals surface area contributed by atoms with Gasteiger partial charge >= 0.3 is 6.01 Å². The summed E-state index contributed by atoms with van der Waals surface area (Å²) in [6, 6.07) is 7.24. The van der Waals surface area contributed by atoms with Gasteiger partial charge in [0.2, 0.25) is 0 Å². The van der Waals surface area contributed by atoms with E-state index in [4.69, 9.17) is 14.7 Å². The monoisotopic (exact) mass is 647 g/mol. The Labute approximate surface area is 239 Å². The van der Waals surface area contributed by atoms with Crippen LogP contribution in [0.5, 0.6) is 6.01 Å². The average molecular weight is 648 g/mol. The number of aromatic nitrogens is 4. The number of hydrogen-bond donors (Lipinski definition) is 1. The van der Waals surface area contributed by atoms with E-state index in [2.05, 4.69) is 83.7 Å². The molecule has 0 radical (unpaired) electrons. The minimum absolute atomic E-state index is 0.0408. The molecule has 10 nitrogen and oxygen atoms in total. The summed E-state index contributed by atoms with van der Waals surface area (Å²) in [5.74, 6) is 0.958. The van der Waals surface area contributed by atoms with Gasteiger partial charge in [0, 0.05) is 49.7 Å². The number of halogens is 1. The molecule has 2 unspecified atom stereocenters. The predicted molar refractivity (Wildman–Crippen MR) is 162 cm³/mol. The largest absolute Gasteiger partial charge is 0.459 e. The third-order valence-corrected chi connectivity index (χ3v) is 9.05. The standard InChI is InChI=1S/C26H35IN9OP/c1-17-5-6-23-21(13-30-36(23)38-27)24(17)34-11-8-20-22(16-34)31-26(37-18(2)14-33(3)4)32-25(20)35-12-10-29-19(15-35)7-9-28/h5-6,13,18-19,29,38H,7-8,10-12,14-16H2,1-4H3/t18-,19?/m1/s1. The lowest BCUT2D eigenvalue weighted by molar-refractivity contribution is 0.163. The number of benzene rings is 1. The van der Waals surface area contributed by atoms with Crippen LogP contribution in [0.25, 0.3) is 10.9 Å². The molecule has 0 aliphatic carbocycles. The van der Waals surface area contributed by atoms with Crippen molar-refractivity contribution in [2.45, 2.75) is 45.4 Å². The number of nitrogens with one attached hydrogen (secondary N) is 1. The number of ether oxygens (including phenoxy) is 1. The molecule has 1 N–H and O–H groups in total. The van der Waals surface area contributed by atoms with Crippen LogP contribution in [0, 0.1) is 18.3 Å². The van der Waals surface area contributed by atoms with E-state index in [1.54, 1.807) is 0 Å². The maximum atomic E-state index is 9.27. The molecule has 4 heterocycles. The second kappa shape index (κ2) is 11.9. The summed E-state index contributed by atoms with van der Waals surface area (Å²) in [7, 11) is 4.08. The van der Waals surface area contributed by atoms with Crippen LogP contribution in [-0.2, 0) is 13.0 Å². The lowest BCUT2D eigenvalue weighted by atomic mass is 10.0. The van der Waals surface area contributed by atoms with Crippen molar-refractivity contribution in [3.05, 3.63) is 35.2 Å². The molecule has 0 saturated carbocycles. The number of nitriles is 1. The molecule has 2 aliphatic heterocycles. The van der Waals surface area contributed by atoms with Crippen molar-refractivity contribution in [3.8, 4) is 12.1 Å². The average Bonchev–Trinajstić information content (AvgIpc) is 3.30. The zero-order chi connectivity index (χ0) is 26.8. The normalized spacial score (nSPS) is 18.8. The molecular formula is C26H35IN9OP. The SMILES string of the molecule is Cc1ccc2c(cnn2PI)c1N1CCc2c(nc(O[C@H](C)CN(C)C)nc2N2CCNC(CC#N)C2)C1. The molecule has 1 aromatic carbocycles. The number of hydrogen-bond acceptors (Lipinski definition) is 9. The van der Waals surface area contributed by atoms with Crippen molar-refractivity contribution in [3.63, 3.8) is 0 Å². The van der Waals surface area contributed by atoms with Crippen LogP contribution < -0.4 is 19.9 Å². The highest BCUT2D eigenvalue weighted by Crippen LogP contribution is 2.38. The van der Waals surface area contributed by atoms with Crippen molar-refractivity contribution < 1.29 is 4.74 Å². The van der Waals surface area contributed by atoms with Crippen LogP contribution >= 0.6 is 28.4 Å². The van der Waals surface area contributed by atoms with Gasteiger partial charge in [-0.3, -0.25) is 0 Å². The zero-order valence-electron chi connectivity index (χ0n) is 22.4. The van der Waals surface area contributed by atoms with Gasteiger partial charge in [0.15, 0.2) is 0 Å². The van der Waals surface area contributed by atoms with Crippen LogP contribution in [0.4, 0.5) is 11.5 Å². The van der Waals surface area contributed by atoms with Gasteiger partial charge in [0.05, 0.1) is 48.5 Å². The summed E-state index contributed by atoms with van der Waals surface area (Å²) in [6.07, 6.45) is 3.85. The highest BCUT2D eigenvalue weighted by atomic mass is 127. The van der Waals surface area contributed by atoms with Gasteiger partial charge in [0.1, 0.15) is 11.9 Å². The fourth-order valence-electron chi connectivity index (χ4n) is 5.57. The Hall–Kier alpha value is -2.26. The second-order valence-corrected chi connectivity index (χ2v) is 12.4. The lowest BCUT2D eigenvalue weighted by Crippen LogP contribution is -2.51. The fraction of sp³-hybridized carbons (Fsp3) is 0.538. The molecule has 2 aromatic heterocycles. The summed E-state index contributed by atoms with van der Waals surface area (Å²) in [4.78, 5) is 16.8. The molecule has 0 amide bonds. The van der Waals surface area contributed by atoms with E-state index >= 15 is 0 Å². The smallest absolute Gasteiger partial charge is 0.318 e. The summed E-state index contributed by atoms with van der Waals surface area (Å²) in [5, 5.41) is 18.5. The van der Waals surface area contributed by atoms with Crippen molar-refractivity contribution in [2.24, 2.45) is 0 Å². The fourth-order valence-corrected chi connectivity index (χ4v) is 7.11. The van der Waals surface area contributed by atoms with Gasteiger partial charge < -0.3 is 24.8 Å². The second-order valence-electron chi connectivity index (χ2n) is 10.4. The lowest BCUT2D eigenvalue weighted by Gasteiger charge is -2.37. The van der Waals surface area contributed by atoms with Crippen molar-refractivity contribution in [2.75, 3.05) is 56.6 Å². The van der Waals surface area contributed by atoms with E-state index < -0.39 is 0 Å². The number of likely N-dealkylation sites (N-methyl/N-ethyl adjacent to an activating group) is 1. The Bertz CT molecular complexity index is 1340. The number of rotatable bonds is 8.